The number of alkyl halides is 3. The smallest absolute Gasteiger partial charge is 0.416 e. The third-order valence-corrected chi connectivity index (χ3v) is 8.70. The molecule has 0 radical (unpaired) electrons. The second kappa shape index (κ2) is 13.7. The fraction of sp³-hybridized carbons (Fsp3) is 0.552. The summed E-state index contributed by atoms with van der Waals surface area (Å²) < 4.78 is 51.4. The van der Waals surface area contributed by atoms with Crippen molar-refractivity contribution in [1.82, 2.24) is 9.21 Å². The van der Waals surface area contributed by atoms with Crippen LogP contribution in [0.15, 0.2) is 47.4 Å². The number of nitrogens with zero attached hydrogens (tertiary/aromatic N) is 2. The van der Waals surface area contributed by atoms with Crippen molar-refractivity contribution in [2.24, 2.45) is 5.92 Å². The summed E-state index contributed by atoms with van der Waals surface area (Å²) in [5, 5.41) is 0. The van der Waals surface area contributed by atoms with Crippen LogP contribution >= 0.6 is 11.9 Å². The van der Waals surface area contributed by atoms with Gasteiger partial charge in [0.05, 0.1) is 19.3 Å². The highest BCUT2D eigenvalue weighted by molar-refractivity contribution is 7.97. The van der Waals surface area contributed by atoms with E-state index in [-0.39, 0.29) is 6.04 Å². The summed E-state index contributed by atoms with van der Waals surface area (Å²) in [6.07, 6.45) is 4.00. The van der Waals surface area contributed by atoms with E-state index in [0.29, 0.717) is 12.4 Å². The molecule has 0 aromatic heterocycles. The van der Waals surface area contributed by atoms with Crippen molar-refractivity contribution in [3.05, 3.63) is 59.2 Å². The van der Waals surface area contributed by atoms with Gasteiger partial charge in [0.1, 0.15) is 5.75 Å². The lowest BCUT2D eigenvalue weighted by atomic mass is 9.90. The van der Waals surface area contributed by atoms with Gasteiger partial charge in [-0.05, 0) is 91.1 Å². The number of hydrogen-bond donors (Lipinski definition) is 0. The predicted octanol–water partition coefficient (Wildman–Crippen LogP) is 6.77. The third kappa shape index (κ3) is 7.90. The van der Waals surface area contributed by atoms with E-state index in [9.17, 15) is 13.2 Å². The van der Waals surface area contributed by atoms with Gasteiger partial charge in [-0.3, -0.25) is 9.69 Å². The van der Waals surface area contributed by atoms with E-state index in [2.05, 4.69) is 38.2 Å². The highest BCUT2D eigenvalue weighted by atomic mass is 32.2. The Hall–Kier alpha value is -2.23. The van der Waals surface area contributed by atoms with Crippen molar-refractivity contribution < 1.29 is 27.4 Å². The Balaban J connectivity index is 0.000000786. The maximum Gasteiger partial charge on any atom is 0.416 e. The van der Waals surface area contributed by atoms with Gasteiger partial charge in [-0.2, -0.15) is 13.2 Å². The topological polar surface area (TPSA) is 42.0 Å². The molecule has 5 rings (SSSR count). The minimum Gasteiger partial charge on any atom is -0.493 e. The van der Waals surface area contributed by atoms with Crippen LogP contribution in [0.25, 0.3) is 0 Å². The number of rotatable bonds is 7. The van der Waals surface area contributed by atoms with Crippen molar-refractivity contribution in [3.8, 4) is 5.75 Å². The lowest BCUT2D eigenvalue weighted by molar-refractivity contribution is -0.137. The normalized spacial score (nSPS) is 20.8. The number of carbonyl (C=O) groups is 1. The number of carbonyl (C=O) groups excluding carboxylic acids is 1. The maximum atomic E-state index is 13.0. The van der Waals surface area contributed by atoms with Crippen LogP contribution in [0, 0.1) is 5.92 Å². The Morgan fingerprint density at radius 3 is 2.29 bits per heavy atom. The molecule has 1 atom stereocenters. The van der Waals surface area contributed by atoms with Crippen LogP contribution in [0.1, 0.15) is 61.3 Å². The molecule has 208 valence electrons. The van der Waals surface area contributed by atoms with Crippen LogP contribution in [-0.4, -0.2) is 55.6 Å². The number of halogens is 3. The first-order valence-electron chi connectivity index (χ1n) is 13.4. The summed E-state index contributed by atoms with van der Waals surface area (Å²) in [6, 6.07) is 13.0. The van der Waals surface area contributed by atoms with Crippen molar-refractivity contribution in [2.75, 3.05) is 39.9 Å². The van der Waals surface area contributed by atoms with E-state index in [1.165, 1.54) is 56.2 Å². The van der Waals surface area contributed by atoms with Gasteiger partial charge in [0.2, 0.25) is 0 Å². The summed E-state index contributed by atoms with van der Waals surface area (Å²) in [5.41, 5.74) is 1.42. The largest absolute Gasteiger partial charge is 0.493 e. The Morgan fingerprint density at radius 1 is 0.974 bits per heavy atom. The highest BCUT2D eigenvalue weighted by Gasteiger charge is 2.35. The fourth-order valence-corrected chi connectivity index (χ4v) is 6.47. The molecule has 0 bridgehead atoms. The number of ether oxygens (including phenoxy) is 2. The van der Waals surface area contributed by atoms with Crippen LogP contribution in [0.3, 0.4) is 0 Å². The van der Waals surface area contributed by atoms with Crippen LogP contribution in [0.2, 0.25) is 0 Å². The zero-order chi connectivity index (χ0) is 27.0. The summed E-state index contributed by atoms with van der Waals surface area (Å²) in [4.78, 5) is 12.6. The summed E-state index contributed by atoms with van der Waals surface area (Å²) in [6.45, 7) is 4.95. The van der Waals surface area contributed by atoms with Crippen LogP contribution in [0.4, 0.5) is 13.2 Å². The quantitative estimate of drug-likeness (QED) is 0.280. The highest BCUT2D eigenvalue weighted by Crippen LogP contribution is 2.40. The molecule has 1 saturated carbocycles. The molecule has 0 N–H and O–H groups in total. The molecule has 3 aliphatic rings. The SMILES string of the molecule is COC=O.FC(F)(F)c1ccc2c(c1)CCC2N1CCN(Sc2ccc(OCC3CCCCC3)cc2)CC1. The molecule has 2 aliphatic carbocycles. The molecule has 2 aromatic rings. The molecule has 1 heterocycles. The predicted molar refractivity (Wildman–Crippen MR) is 143 cm³/mol. The van der Waals surface area contributed by atoms with E-state index < -0.39 is 11.7 Å². The average Bonchev–Trinajstić information content (AvgIpc) is 3.37. The molecule has 1 unspecified atom stereocenters. The van der Waals surface area contributed by atoms with Gasteiger partial charge in [0.15, 0.2) is 0 Å². The van der Waals surface area contributed by atoms with Gasteiger partial charge in [-0.25, -0.2) is 4.31 Å². The number of methoxy groups -OCH3 is 1. The molecule has 2 fully saturated rings. The first-order chi connectivity index (χ1) is 18.4. The van der Waals surface area contributed by atoms with Crippen molar-refractivity contribution in [1.29, 1.82) is 0 Å². The fourth-order valence-electron chi connectivity index (χ4n) is 5.57. The van der Waals surface area contributed by atoms with Crippen molar-refractivity contribution >= 4 is 18.4 Å². The van der Waals surface area contributed by atoms with Gasteiger partial charge >= 0.3 is 6.18 Å². The number of piperazine rings is 1. The van der Waals surface area contributed by atoms with Crippen LogP contribution < -0.4 is 4.74 Å². The molecule has 0 spiro atoms. The van der Waals surface area contributed by atoms with Crippen LogP contribution in [0.5, 0.6) is 5.75 Å². The first-order valence-corrected chi connectivity index (χ1v) is 14.2. The lowest BCUT2D eigenvalue weighted by Crippen LogP contribution is -2.44. The molecule has 38 heavy (non-hydrogen) atoms. The molecular weight excluding hydrogens is 513 g/mol. The minimum atomic E-state index is -4.27. The van der Waals surface area contributed by atoms with E-state index in [4.69, 9.17) is 9.53 Å². The molecule has 1 aliphatic heterocycles. The first kappa shape index (κ1) is 28.8. The lowest BCUT2D eigenvalue weighted by Gasteiger charge is -2.37. The Bertz CT molecular complexity index is 1020. The number of aryl methyl sites for hydroxylation is 1. The van der Waals surface area contributed by atoms with E-state index >= 15 is 0 Å². The zero-order valence-electron chi connectivity index (χ0n) is 21.9. The van der Waals surface area contributed by atoms with E-state index in [1.807, 2.05) is 0 Å². The van der Waals surface area contributed by atoms with Gasteiger partial charge in [0.25, 0.3) is 6.47 Å². The van der Waals surface area contributed by atoms with Crippen molar-refractivity contribution in [3.63, 3.8) is 0 Å². The Morgan fingerprint density at radius 2 is 1.66 bits per heavy atom. The Kier molecular flexibility index (Phi) is 10.4. The maximum absolute atomic E-state index is 13.0. The molecule has 1 saturated heterocycles. The summed E-state index contributed by atoms with van der Waals surface area (Å²) in [5.74, 6) is 1.66. The molecule has 2 aromatic carbocycles. The van der Waals surface area contributed by atoms with Gasteiger partial charge < -0.3 is 9.47 Å². The van der Waals surface area contributed by atoms with Gasteiger partial charge in [-0.15, -0.1) is 0 Å². The number of hydrogen-bond acceptors (Lipinski definition) is 6. The molecule has 0 amide bonds. The van der Waals surface area contributed by atoms with E-state index in [0.717, 1.165) is 62.5 Å². The summed E-state index contributed by atoms with van der Waals surface area (Å²) in [7, 11) is 1.31. The zero-order valence-corrected chi connectivity index (χ0v) is 22.7. The monoisotopic (exact) mass is 550 g/mol. The second-order valence-corrected chi connectivity index (χ2v) is 11.3. The minimum absolute atomic E-state index is 0.241. The van der Waals surface area contributed by atoms with Gasteiger partial charge in [-0.1, -0.05) is 25.3 Å². The van der Waals surface area contributed by atoms with Gasteiger partial charge in [0, 0.05) is 37.1 Å². The van der Waals surface area contributed by atoms with Crippen LogP contribution in [-0.2, 0) is 22.1 Å². The third-order valence-electron chi connectivity index (χ3n) is 7.60. The van der Waals surface area contributed by atoms with Crippen molar-refractivity contribution in [2.45, 2.75) is 62.1 Å². The standard InChI is InChI=1S/C27H33F3N2OS.C2H4O2/c28-27(29,30)22-7-12-25-21(18-22)6-13-26(25)31-14-16-32(17-15-31)34-24-10-8-23(9-11-24)33-19-20-4-2-1-3-5-20;1-4-2-3/h7-12,18,20,26H,1-6,13-17,19H2;2H,1H3. The molecular formula is C29H37F3N2O3S. The summed E-state index contributed by atoms with van der Waals surface area (Å²) >= 11 is 1.78. The number of benzene rings is 2. The number of fused-ring (bicyclic) bond motifs is 1. The second-order valence-electron chi connectivity index (χ2n) is 10.1. The molecule has 5 nitrogen and oxygen atoms in total. The van der Waals surface area contributed by atoms with E-state index in [1.54, 1.807) is 18.0 Å². The average molecular weight is 551 g/mol. The Labute approximate surface area is 227 Å². The molecule has 9 heteroatoms.